The second kappa shape index (κ2) is 9.90. The van der Waals surface area contributed by atoms with E-state index < -0.39 is 0 Å². The maximum Gasteiger partial charge on any atom is 0.0249 e. The van der Waals surface area contributed by atoms with Gasteiger partial charge in [-0.1, -0.05) is 46.5 Å². The summed E-state index contributed by atoms with van der Waals surface area (Å²) in [7, 11) is 0. The van der Waals surface area contributed by atoms with Crippen LogP contribution in [0.5, 0.6) is 0 Å². The summed E-state index contributed by atoms with van der Waals surface area (Å²) in [5.41, 5.74) is 0.229. The van der Waals surface area contributed by atoms with Crippen LogP contribution in [0.3, 0.4) is 0 Å². The molecule has 2 nitrogen and oxygen atoms in total. The van der Waals surface area contributed by atoms with Crippen LogP contribution in [0.15, 0.2) is 0 Å². The van der Waals surface area contributed by atoms with Crippen LogP contribution < -0.4 is 10.6 Å². The Bertz CT molecular complexity index is 164. The highest BCUT2D eigenvalue weighted by molar-refractivity contribution is 4.79. The first-order valence-electron chi connectivity index (χ1n) is 7.43. The molecule has 0 rings (SSSR count). The molecule has 0 bridgehead atoms. The van der Waals surface area contributed by atoms with Crippen molar-refractivity contribution in [2.24, 2.45) is 5.92 Å². The molecule has 0 saturated carbocycles. The molecule has 0 aliphatic carbocycles. The highest BCUT2D eigenvalue weighted by Gasteiger charge is 2.14. The van der Waals surface area contributed by atoms with E-state index in [1.165, 1.54) is 32.1 Å². The molecule has 2 N–H and O–H groups in total. The van der Waals surface area contributed by atoms with Gasteiger partial charge in [0.15, 0.2) is 0 Å². The van der Waals surface area contributed by atoms with Crippen LogP contribution in [-0.4, -0.2) is 25.2 Å². The lowest BCUT2D eigenvalue weighted by molar-refractivity contribution is 0.371. The molecule has 17 heavy (non-hydrogen) atoms. The van der Waals surface area contributed by atoms with Gasteiger partial charge < -0.3 is 10.6 Å². The highest BCUT2D eigenvalue weighted by atomic mass is 15.0. The number of likely N-dealkylation sites (N-methyl/N-ethyl adjacent to an activating group) is 1. The average Bonchev–Trinajstić information content (AvgIpc) is 2.21. The van der Waals surface area contributed by atoms with Crippen molar-refractivity contribution in [1.82, 2.24) is 10.6 Å². The van der Waals surface area contributed by atoms with Crippen LogP contribution in [0.25, 0.3) is 0 Å². The first-order chi connectivity index (χ1) is 7.98. The number of hydrogen-bond acceptors (Lipinski definition) is 2. The van der Waals surface area contributed by atoms with E-state index in [-0.39, 0.29) is 5.54 Å². The molecule has 0 aliphatic heterocycles. The van der Waals surface area contributed by atoms with Gasteiger partial charge in [-0.3, -0.25) is 0 Å². The summed E-state index contributed by atoms with van der Waals surface area (Å²) in [6.45, 7) is 14.6. The number of hydrogen-bond donors (Lipinski definition) is 2. The second-order valence-electron chi connectivity index (χ2n) is 6.19. The van der Waals surface area contributed by atoms with Crippen molar-refractivity contribution < 1.29 is 0 Å². The summed E-state index contributed by atoms with van der Waals surface area (Å²) < 4.78 is 0. The zero-order valence-electron chi connectivity index (χ0n) is 12.7. The molecular formula is C15H34N2. The minimum atomic E-state index is 0.229. The van der Waals surface area contributed by atoms with Crippen molar-refractivity contribution in [3.63, 3.8) is 0 Å². The SMILES string of the molecule is CCNC(C)(C)CNCCCCCCC(C)C. The fourth-order valence-electron chi connectivity index (χ4n) is 2.10. The Morgan fingerprint density at radius 2 is 1.65 bits per heavy atom. The Hall–Kier alpha value is -0.0800. The predicted molar refractivity (Wildman–Crippen MR) is 78.5 cm³/mol. The van der Waals surface area contributed by atoms with Gasteiger partial charge in [0.25, 0.3) is 0 Å². The van der Waals surface area contributed by atoms with Crippen molar-refractivity contribution >= 4 is 0 Å². The lowest BCUT2D eigenvalue weighted by atomic mass is 10.0. The van der Waals surface area contributed by atoms with Crippen molar-refractivity contribution in [2.75, 3.05) is 19.6 Å². The number of unbranched alkanes of at least 4 members (excludes halogenated alkanes) is 3. The molecule has 0 radical (unpaired) electrons. The third-order valence-electron chi connectivity index (χ3n) is 3.11. The Balaban J connectivity index is 3.23. The van der Waals surface area contributed by atoms with Crippen LogP contribution in [0.1, 0.15) is 66.7 Å². The van der Waals surface area contributed by atoms with E-state index in [0.717, 1.165) is 25.6 Å². The molecule has 0 fully saturated rings. The molecule has 104 valence electrons. The summed E-state index contributed by atoms with van der Waals surface area (Å²) >= 11 is 0. The molecule has 0 saturated heterocycles. The van der Waals surface area contributed by atoms with Crippen LogP contribution >= 0.6 is 0 Å². The molecule has 0 amide bonds. The van der Waals surface area contributed by atoms with Gasteiger partial charge in [0.05, 0.1) is 0 Å². The minimum Gasteiger partial charge on any atom is -0.315 e. The first-order valence-corrected chi connectivity index (χ1v) is 7.43. The standard InChI is InChI=1S/C15H34N2/c1-6-17-15(4,5)13-16-12-10-8-7-9-11-14(2)3/h14,16-17H,6-13H2,1-5H3. The third kappa shape index (κ3) is 12.2. The van der Waals surface area contributed by atoms with Gasteiger partial charge in [-0.2, -0.15) is 0 Å². The van der Waals surface area contributed by atoms with Gasteiger partial charge in [0.1, 0.15) is 0 Å². The van der Waals surface area contributed by atoms with Crippen molar-refractivity contribution in [3.05, 3.63) is 0 Å². The molecular weight excluding hydrogens is 208 g/mol. The molecule has 0 aromatic heterocycles. The topological polar surface area (TPSA) is 24.1 Å². The van der Waals surface area contributed by atoms with E-state index in [4.69, 9.17) is 0 Å². The van der Waals surface area contributed by atoms with Crippen molar-refractivity contribution in [3.8, 4) is 0 Å². The predicted octanol–water partition coefficient (Wildman–Crippen LogP) is 3.57. The number of nitrogens with one attached hydrogen (secondary N) is 2. The monoisotopic (exact) mass is 242 g/mol. The Kier molecular flexibility index (Phi) is 9.85. The second-order valence-corrected chi connectivity index (χ2v) is 6.19. The van der Waals surface area contributed by atoms with Crippen molar-refractivity contribution in [1.29, 1.82) is 0 Å². The largest absolute Gasteiger partial charge is 0.315 e. The van der Waals surface area contributed by atoms with E-state index in [2.05, 4.69) is 45.3 Å². The van der Waals surface area contributed by atoms with Gasteiger partial charge in [0.2, 0.25) is 0 Å². The molecule has 0 aliphatic rings. The van der Waals surface area contributed by atoms with Crippen LogP contribution in [0.4, 0.5) is 0 Å². The average molecular weight is 242 g/mol. The van der Waals surface area contributed by atoms with Crippen LogP contribution in [0, 0.1) is 5.92 Å². The zero-order chi connectivity index (χ0) is 13.1. The summed E-state index contributed by atoms with van der Waals surface area (Å²) in [4.78, 5) is 0. The van der Waals surface area contributed by atoms with E-state index >= 15 is 0 Å². The normalized spacial score (nSPS) is 12.4. The quantitative estimate of drug-likeness (QED) is 0.541. The summed E-state index contributed by atoms with van der Waals surface area (Å²) in [5.74, 6) is 0.869. The van der Waals surface area contributed by atoms with Crippen LogP contribution in [-0.2, 0) is 0 Å². The van der Waals surface area contributed by atoms with E-state index in [9.17, 15) is 0 Å². The van der Waals surface area contributed by atoms with Gasteiger partial charge in [0, 0.05) is 12.1 Å². The van der Waals surface area contributed by atoms with Crippen molar-refractivity contribution in [2.45, 2.75) is 72.3 Å². The van der Waals surface area contributed by atoms with Gasteiger partial charge in [-0.25, -0.2) is 0 Å². The van der Waals surface area contributed by atoms with E-state index in [1.54, 1.807) is 0 Å². The molecule has 0 aromatic rings. The fraction of sp³-hybridized carbons (Fsp3) is 1.00. The Morgan fingerprint density at radius 3 is 2.24 bits per heavy atom. The molecule has 0 aromatic carbocycles. The molecule has 2 heteroatoms. The lowest BCUT2D eigenvalue weighted by Crippen LogP contribution is -2.47. The smallest absolute Gasteiger partial charge is 0.0249 e. The lowest BCUT2D eigenvalue weighted by Gasteiger charge is -2.26. The van der Waals surface area contributed by atoms with Gasteiger partial charge in [-0.15, -0.1) is 0 Å². The maximum absolute atomic E-state index is 3.55. The summed E-state index contributed by atoms with van der Waals surface area (Å²) in [6.07, 6.45) is 6.89. The molecule has 0 atom stereocenters. The maximum atomic E-state index is 3.55. The fourth-order valence-corrected chi connectivity index (χ4v) is 2.10. The minimum absolute atomic E-state index is 0.229. The van der Waals surface area contributed by atoms with E-state index in [0.29, 0.717) is 0 Å². The van der Waals surface area contributed by atoms with E-state index in [1.807, 2.05) is 0 Å². The zero-order valence-corrected chi connectivity index (χ0v) is 12.7. The van der Waals surface area contributed by atoms with Gasteiger partial charge >= 0.3 is 0 Å². The summed E-state index contributed by atoms with van der Waals surface area (Å²) in [6, 6.07) is 0. The third-order valence-corrected chi connectivity index (χ3v) is 3.11. The van der Waals surface area contributed by atoms with Crippen LogP contribution in [0.2, 0.25) is 0 Å². The molecule has 0 unspecified atom stereocenters. The van der Waals surface area contributed by atoms with Gasteiger partial charge in [-0.05, 0) is 39.3 Å². The first kappa shape index (κ1) is 16.9. The Labute approximate surface area is 109 Å². The highest BCUT2D eigenvalue weighted by Crippen LogP contribution is 2.09. The Morgan fingerprint density at radius 1 is 1.00 bits per heavy atom. The molecule has 0 spiro atoms. The number of rotatable bonds is 11. The molecule has 0 heterocycles. The summed E-state index contributed by atoms with van der Waals surface area (Å²) in [5, 5.41) is 7.03.